The highest BCUT2D eigenvalue weighted by molar-refractivity contribution is 5.85. The first kappa shape index (κ1) is 33.4. The summed E-state index contributed by atoms with van der Waals surface area (Å²) in [5.41, 5.74) is 0. The van der Waals surface area contributed by atoms with Gasteiger partial charge in [-0.2, -0.15) is 0 Å². The Morgan fingerprint density at radius 2 is 1.11 bits per heavy atom. The molecular formula is C28H56N3O4+. The number of aliphatic carboxylic acids is 1. The van der Waals surface area contributed by atoms with Gasteiger partial charge in [-0.3, -0.25) is 9.59 Å². The summed E-state index contributed by atoms with van der Waals surface area (Å²) in [4.78, 5) is 35.4. The van der Waals surface area contributed by atoms with Crippen LogP contribution in [0.25, 0.3) is 0 Å². The lowest BCUT2D eigenvalue weighted by atomic mass is 10.0. The third kappa shape index (κ3) is 23.9. The molecule has 0 aromatic heterocycles. The van der Waals surface area contributed by atoms with Gasteiger partial charge in [0.2, 0.25) is 5.91 Å². The van der Waals surface area contributed by atoms with Crippen molar-refractivity contribution in [3.8, 4) is 0 Å². The highest BCUT2D eigenvalue weighted by atomic mass is 16.4. The van der Waals surface area contributed by atoms with Crippen LogP contribution in [-0.4, -0.2) is 67.6 Å². The number of unbranched alkanes of at least 4 members (excludes halogenated alkanes) is 15. The number of carbonyl (C=O) groups is 3. The van der Waals surface area contributed by atoms with E-state index in [1.54, 1.807) is 0 Å². The zero-order valence-electron chi connectivity index (χ0n) is 23.3. The predicted octanol–water partition coefficient (Wildman–Crippen LogP) is 5.42. The molecule has 0 spiro atoms. The second kappa shape index (κ2) is 21.6. The number of carbonyl (C=O) groups excluding carboxylic acids is 2. The Balaban J connectivity index is 3.58. The Hall–Kier alpha value is -1.63. The van der Waals surface area contributed by atoms with Gasteiger partial charge in [0.05, 0.1) is 21.1 Å². The number of nitrogens with one attached hydrogen (secondary N) is 2. The minimum absolute atomic E-state index is 0.0977. The molecule has 0 saturated heterocycles. The van der Waals surface area contributed by atoms with Gasteiger partial charge in [-0.05, 0) is 12.8 Å². The summed E-state index contributed by atoms with van der Waals surface area (Å²) < 4.78 is 0.415. The second-order valence-electron chi connectivity index (χ2n) is 11.1. The Morgan fingerprint density at radius 3 is 1.51 bits per heavy atom. The van der Waals surface area contributed by atoms with Gasteiger partial charge < -0.3 is 20.2 Å². The first-order valence-corrected chi connectivity index (χ1v) is 14.2. The summed E-state index contributed by atoms with van der Waals surface area (Å²) in [6.45, 7) is 3.08. The van der Waals surface area contributed by atoms with Crippen molar-refractivity contribution in [2.45, 2.75) is 129 Å². The molecule has 0 heterocycles. The fourth-order valence-electron chi connectivity index (χ4n) is 4.19. The van der Waals surface area contributed by atoms with Gasteiger partial charge in [0, 0.05) is 13.0 Å². The second-order valence-corrected chi connectivity index (χ2v) is 11.1. The molecule has 0 radical (unpaired) electrons. The number of rotatable bonds is 24. The molecule has 2 amide bonds. The standard InChI is InChI=1S/C28H55N3O4/c1-5-6-7-8-9-10-11-12-13-14-15-16-17-18-19-20-23-29-26(32)22-21-25(28(34)35)30-27(33)24-31(2,3)4/h25H,5-24H2,1-4H3,(H2-,29,30,32,33,34,35)/p+1/t25-/m0/s1. The van der Waals surface area contributed by atoms with Gasteiger partial charge in [-0.15, -0.1) is 0 Å². The van der Waals surface area contributed by atoms with Gasteiger partial charge in [-0.25, -0.2) is 4.79 Å². The van der Waals surface area contributed by atoms with E-state index in [4.69, 9.17) is 0 Å². The largest absolute Gasteiger partial charge is 0.480 e. The molecule has 0 unspecified atom stereocenters. The summed E-state index contributed by atoms with van der Waals surface area (Å²) in [6, 6.07) is -1.03. The lowest BCUT2D eigenvalue weighted by Gasteiger charge is -2.24. The van der Waals surface area contributed by atoms with Gasteiger partial charge in [0.15, 0.2) is 6.54 Å². The van der Waals surface area contributed by atoms with Crippen molar-refractivity contribution in [3.63, 3.8) is 0 Å². The summed E-state index contributed by atoms with van der Waals surface area (Å²) in [6.07, 6.45) is 21.3. The van der Waals surface area contributed by atoms with Crippen LogP contribution in [0.2, 0.25) is 0 Å². The number of hydrogen-bond acceptors (Lipinski definition) is 3. The first-order valence-electron chi connectivity index (χ1n) is 14.2. The third-order valence-corrected chi connectivity index (χ3v) is 6.26. The number of likely N-dealkylation sites (N-methyl/N-ethyl adjacent to an activating group) is 1. The topological polar surface area (TPSA) is 95.5 Å². The first-order chi connectivity index (χ1) is 16.7. The maximum atomic E-state index is 12.0. The molecule has 7 heteroatoms. The Labute approximate surface area is 215 Å². The van der Waals surface area contributed by atoms with Crippen molar-refractivity contribution >= 4 is 17.8 Å². The molecule has 0 rings (SSSR count). The average Bonchev–Trinajstić information content (AvgIpc) is 2.77. The Kier molecular flexibility index (Phi) is 20.6. The molecule has 0 saturated carbocycles. The van der Waals surface area contributed by atoms with Crippen LogP contribution in [0.5, 0.6) is 0 Å². The third-order valence-electron chi connectivity index (χ3n) is 6.26. The molecule has 7 nitrogen and oxygen atoms in total. The van der Waals surface area contributed by atoms with E-state index in [0.29, 0.717) is 11.0 Å². The molecule has 3 N–H and O–H groups in total. The van der Waals surface area contributed by atoms with E-state index in [-0.39, 0.29) is 31.2 Å². The number of carboxylic acid groups (broad SMARTS) is 1. The lowest BCUT2D eigenvalue weighted by molar-refractivity contribution is -0.862. The van der Waals surface area contributed by atoms with Crippen LogP contribution in [0.3, 0.4) is 0 Å². The number of nitrogens with zero attached hydrogens (tertiary/aromatic N) is 1. The number of carboxylic acids is 1. The average molecular weight is 499 g/mol. The van der Waals surface area contributed by atoms with Crippen molar-refractivity contribution in [1.82, 2.24) is 10.6 Å². The van der Waals surface area contributed by atoms with Crippen LogP contribution < -0.4 is 10.6 Å². The maximum absolute atomic E-state index is 12.0. The Bertz CT molecular complexity index is 561. The summed E-state index contributed by atoms with van der Waals surface area (Å²) >= 11 is 0. The molecule has 206 valence electrons. The van der Waals surface area contributed by atoms with E-state index in [1.807, 2.05) is 21.1 Å². The summed E-state index contributed by atoms with van der Waals surface area (Å²) in [5, 5.41) is 14.7. The molecule has 0 aliphatic heterocycles. The monoisotopic (exact) mass is 498 g/mol. The lowest BCUT2D eigenvalue weighted by Crippen LogP contribution is -2.49. The normalized spacial score (nSPS) is 12.3. The zero-order valence-corrected chi connectivity index (χ0v) is 23.3. The van der Waals surface area contributed by atoms with Crippen molar-refractivity contribution in [3.05, 3.63) is 0 Å². The van der Waals surface area contributed by atoms with Gasteiger partial charge in [0.25, 0.3) is 5.91 Å². The fraction of sp³-hybridized carbons (Fsp3) is 0.893. The number of hydrogen-bond donors (Lipinski definition) is 3. The minimum Gasteiger partial charge on any atom is -0.480 e. The van der Waals surface area contributed by atoms with Crippen LogP contribution in [0, 0.1) is 0 Å². The van der Waals surface area contributed by atoms with Crippen LogP contribution >= 0.6 is 0 Å². The molecule has 0 aliphatic carbocycles. The van der Waals surface area contributed by atoms with Crippen LogP contribution in [0.1, 0.15) is 122 Å². The van der Waals surface area contributed by atoms with Gasteiger partial charge in [0.1, 0.15) is 6.04 Å². The van der Waals surface area contributed by atoms with E-state index in [2.05, 4.69) is 17.6 Å². The smallest absolute Gasteiger partial charge is 0.326 e. The van der Waals surface area contributed by atoms with Crippen LogP contribution in [0.15, 0.2) is 0 Å². The molecule has 1 atom stereocenters. The van der Waals surface area contributed by atoms with Crippen LogP contribution in [0.4, 0.5) is 0 Å². The van der Waals surface area contributed by atoms with Crippen LogP contribution in [-0.2, 0) is 14.4 Å². The minimum atomic E-state index is -1.11. The number of amides is 2. The summed E-state index contributed by atoms with van der Waals surface area (Å²) in [7, 11) is 5.59. The fourth-order valence-corrected chi connectivity index (χ4v) is 4.19. The molecule has 0 fully saturated rings. The molecule has 35 heavy (non-hydrogen) atoms. The zero-order chi connectivity index (χ0) is 26.4. The predicted molar refractivity (Wildman–Crippen MR) is 144 cm³/mol. The van der Waals surface area contributed by atoms with Crippen molar-refractivity contribution in [2.24, 2.45) is 0 Å². The quantitative estimate of drug-likeness (QED) is 0.122. The van der Waals surface area contributed by atoms with Crippen molar-refractivity contribution < 1.29 is 24.0 Å². The molecule has 0 aromatic rings. The molecular weight excluding hydrogens is 442 g/mol. The molecule has 0 aliphatic rings. The van der Waals surface area contributed by atoms with E-state index in [1.165, 1.54) is 89.9 Å². The van der Waals surface area contributed by atoms with E-state index < -0.39 is 12.0 Å². The van der Waals surface area contributed by atoms with Crippen molar-refractivity contribution in [2.75, 3.05) is 34.2 Å². The van der Waals surface area contributed by atoms with E-state index in [0.717, 1.165) is 12.8 Å². The molecule has 0 bridgehead atoms. The molecule has 0 aromatic carbocycles. The SMILES string of the molecule is CCCCCCCCCCCCCCCCCCNC(=O)CC[C@H](NC(=O)C[N+](C)(C)C)C(=O)O. The number of quaternary nitrogens is 1. The summed E-state index contributed by atoms with van der Waals surface area (Å²) in [5.74, 6) is -1.58. The van der Waals surface area contributed by atoms with E-state index in [9.17, 15) is 19.5 Å². The van der Waals surface area contributed by atoms with Gasteiger partial charge >= 0.3 is 5.97 Å². The highest BCUT2D eigenvalue weighted by Gasteiger charge is 2.23. The van der Waals surface area contributed by atoms with Crippen molar-refractivity contribution in [1.29, 1.82) is 0 Å². The Morgan fingerprint density at radius 1 is 0.686 bits per heavy atom. The van der Waals surface area contributed by atoms with E-state index >= 15 is 0 Å². The maximum Gasteiger partial charge on any atom is 0.326 e. The van der Waals surface area contributed by atoms with Gasteiger partial charge in [-0.1, -0.05) is 103 Å². The highest BCUT2D eigenvalue weighted by Crippen LogP contribution is 2.13.